The highest BCUT2D eigenvalue weighted by molar-refractivity contribution is 6.04. The first-order valence-corrected chi connectivity index (χ1v) is 13.5. The van der Waals surface area contributed by atoms with Crippen molar-refractivity contribution in [1.82, 2.24) is 35.0 Å². The molecule has 1 aliphatic rings. The number of hydrogen-bond donors (Lipinski definition) is 2. The number of carbonyl (C=O) groups is 1. The molecule has 0 atom stereocenters. The van der Waals surface area contributed by atoms with Crippen LogP contribution in [-0.2, 0) is 12.7 Å². The molecule has 0 unspecified atom stereocenters. The van der Waals surface area contributed by atoms with E-state index >= 15 is 0 Å². The molecule has 3 aromatic carbocycles. The van der Waals surface area contributed by atoms with Crippen LogP contribution in [0.5, 0.6) is 0 Å². The molecule has 1 fully saturated rings. The average Bonchev–Trinajstić information content (AvgIpc) is 3.64. The molecule has 0 saturated carbocycles. The van der Waals surface area contributed by atoms with Gasteiger partial charge in [-0.15, -0.1) is 5.10 Å². The fraction of sp³-hybridized carbons (Fsp3) is 0.267. The van der Waals surface area contributed by atoms with Gasteiger partial charge in [-0.25, -0.2) is 4.68 Å². The van der Waals surface area contributed by atoms with Crippen molar-refractivity contribution in [3.8, 4) is 16.9 Å². The van der Waals surface area contributed by atoms with E-state index in [1.165, 1.54) is 12.1 Å². The lowest BCUT2D eigenvalue weighted by Gasteiger charge is -2.33. The SMILES string of the molecule is Cc1ccc(C(=O)Nc2ccc(CN3CCN(C)CC3)c(C(F)(F)F)c2)cc1-n1cc(-c2ccc3[nH]ncc3c2)nn1. The minimum Gasteiger partial charge on any atom is -0.322 e. The second-order valence-electron chi connectivity index (χ2n) is 10.6. The molecule has 216 valence electrons. The summed E-state index contributed by atoms with van der Waals surface area (Å²) in [7, 11) is 2.00. The normalized spacial score (nSPS) is 14.9. The molecule has 2 aromatic heterocycles. The van der Waals surface area contributed by atoms with Crippen LogP contribution in [0.25, 0.3) is 27.8 Å². The van der Waals surface area contributed by atoms with Crippen molar-refractivity contribution in [1.29, 1.82) is 0 Å². The zero-order valence-corrected chi connectivity index (χ0v) is 23.1. The molecule has 3 heterocycles. The Kier molecular flexibility index (Phi) is 7.25. The zero-order chi connectivity index (χ0) is 29.4. The number of aromatic nitrogens is 5. The molecule has 9 nitrogen and oxygen atoms in total. The van der Waals surface area contributed by atoms with Crippen molar-refractivity contribution in [3.63, 3.8) is 0 Å². The lowest BCUT2D eigenvalue weighted by molar-refractivity contribution is -0.138. The molecule has 0 spiro atoms. The van der Waals surface area contributed by atoms with E-state index in [4.69, 9.17) is 0 Å². The number of anilines is 1. The standard InChI is InChI=1S/C30H29F3N8O/c1-19-3-4-21(14-28(19)41-18-27(37-38-41)20-6-8-26-23(13-20)16-34-36-26)29(42)35-24-7-5-22(25(15-24)30(31,32)33)17-40-11-9-39(2)10-12-40/h3-8,13-16,18H,9-12,17H2,1-2H3,(H,34,36)(H,35,42). The predicted octanol–water partition coefficient (Wildman–Crippen LogP) is 5.14. The van der Waals surface area contributed by atoms with Crippen LogP contribution in [0, 0.1) is 6.92 Å². The molecule has 5 aromatic rings. The van der Waals surface area contributed by atoms with E-state index in [0.717, 1.165) is 41.2 Å². The Bertz CT molecular complexity index is 1750. The highest BCUT2D eigenvalue weighted by Crippen LogP contribution is 2.35. The van der Waals surface area contributed by atoms with Crippen LogP contribution in [0.2, 0.25) is 0 Å². The van der Waals surface area contributed by atoms with Gasteiger partial charge in [-0.3, -0.25) is 14.8 Å². The average molecular weight is 575 g/mol. The number of hydrogen-bond acceptors (Lipinski definition) is 6. The molecule has 6 rings (SSSR count). The number of aryl methyl sites for hydroxylation is 1. The second-order valence-corrected chi connectivity index (χ2v) is 10.6. The Balaban J connectivity index is 1.22. The van der Waals surface area contributed by atoms with Gasteiger partial charge in [0.2, 0.25) is 0 Å². The smallest absolute Gasteiger partial charge is 0.322 e. The van der Waals surface area contributed by atoms with Crippen molar-refractivity contribution in [3.05, 3.63) is 89.2 Å². The number of fused-ring (bicyclic) bond motifs is 1. The van der Waals surface area contributed by atoms with Gasteiger partial charge in [0.05, 0.1) is 29.2 Å². The van der Waals surface area contributed by atoms with Gasteiger partial charge in [-0.2, -0.15) is 18.3 Å². The number of H-pyrrole nitrogens is 1. The third-order valence-electron chi connectivity index (χ3n) is 7.61. The Morgan fingerprint density at radius 3 is 2.62 bits per heavy atom. The molecule has 42 heavy (non-hydrogen) atoms. The summed E-state index contributed by atoms with van der Waals surface area (Å²) in [5.74, 6) is -0.526. The maximum atomic E-state index is 14.0. The maximum absolute atomic E-state index is 14.0. The fourth-order valence-electron chi connectivity index (χ4n) is 5.12. The number of nitrogens with zero attached hydrogens (tertiary/aromatic N) is 6. The Hall–Kier alpha value is -4.55. The van der Waals surface area contributed by atoms with Crippen molar-refractivity contribution in [2.75, 3.05) is 38.5 Å². The van der Waals surface area contributed by atoms with Crippen LogP contribution in [0.15, 0.2) is 67.0 Å². The van der Waals surface area contributed by atoms with E-state index < -0.39 is 17.6 Å². The molecule has 2 N–H and O–H groups in total. The number of aromatic amines is 1. The number of halogens is 3. The van der Waals surface area contributed by atoms with E-state index in [1.807, 2.05) is 37.1 Å². The first-order valence-electron chi connectivity index (χ1n) is 13.5. The predicted molar refractivity (Wildman–Crippen MR) is 153 cm³/mol. The van der Waals surface area contributed by atoms with Crippen LogP contribution >= 0.6 is 0 Å². The second kappa shape index (κ2) is 11.0. The van der Waals surface area contributed by atoms with E-state index in [9.17, 15) is 18.0 Å². The van der Waals surface area contributed by atoms with Gasteiger partial charge in [0.25, 0.3) is 5.91 Å². The highest BCUT2D eigenvalue weighted by atomic mass is 19.4. The molecule has 0 radical (unpaired) electrons. The number of benzene rings is 3. The van der Waals surface area contributed by atoms with Crippen molar-refractivity contribution in [2.24, 2.45) is 0 Å². The van der Waals surface area contributed by atoms with Gasteiger partial charge < -0.3 is 10.2 Å². The van der Waals surface area contributed by atoms with Gasteiger partial charge in [-0.05, 0) is 61.5 Å². The van der Waals surface area contributed by atoms with Gasteiger partial charge in [0, 0.05) is 54.9 Å². The number of piperazine rings is 1. The van der Waals surface area contributed by atoms with Crippen molar-refractivity contribution >= 4 is 22.5 Å². The third-order valence-corrected chi connectivity index (χ3v) is 7.61. The van der Waals surface area contributed by atoms with Gasteiger partial charge in [-0.1, -0.05) is 23.4 Å². The molecule has 12 heteroatoms. The van der Waals surface area contributed by atoms with Gasteiger partial charge in [0.1, 0.15) is 5.69 Å². The van der Waals surface area contributed by atoms with E-state index in [1.54, 1.807) is 35.3 Å². The van der Waals surface area contributed by atoms with Gasteiger partial charge in [0.15, 0.2) is 0 Å². The van der Waals surface area contributed by atoms with Crippen LogP contribution in [0.1, 0.15) is 27.0 Å². The Morgan fingerprint density at radius 2 is 1.83 bits per heavy atom. The topological polar surface area (TPSA) is 95.0 Å². The maximum Gasteiger partial charge on any atom is 0.416 e. The largest absolute Gasteiger partial charge is 0.416 e. The molecule has 0 bridgehead atoms. The van der Waals surface area contributed by atoms with E-state index in [2.05, 4.69) is 30.7 Å². The summed E-state index contributed by atoms with van der Waals surface area (Å²) in [6.07, 6.45) is -1.05. The lowest BCUT2D eigenvalue weighted by Crippen LogP contribution is -2.44. The molecule has 1 amide bonds. The zero-order valence-electron chi connectivity index (χ0n) is 23.1. The summed E-state index contributed by atoms with van der Waals surface area (Å²) in [4.78, 5) is 17.3. The summed E-state index contributed by atoms with van der Waals surface area (Å²) in [6.45, 7) is 5.11. The molecule has 1 saturated heterocycles. The first-order chi connectivity index (χ1) is 20.1. The minimum absolute atomic E-state index is 0.0780. The molecule has 1 aliphatic heterocycles. The van der Waals surface area contributed by atoms with Crippen LogP contribution in [-0.4, -0.2) is 74.1 Å². The minimum atomic E-state index is -4.55. The number of alkyl halides is 3. The van der Waals surface area contributed by atoms with E-state index in [-0.39, 0.29) is 23.4 Å². The number of likely N-dealkylation sites (N-methyl/N-ethyl adjacent to an activating group) is 1. The summed E-state index contributed by atoms with van der Waals surface area (Å²) >= 11 is 0. The monoisotopic (exact) mass is 574 g/mol. The number of rotatable bonds is 6. The number of carbonyl (C=O) groups excluding carboxylic acids is 1. The van der Waals surface area contributed by atoms with Crippen LogP contribution in [0.3, 0.4) is 0 Å². The quantitative estimate of drug-likeness (QED) is 0.292. The fourth-order valence-corrected chi connectivity index (χ4v) is 5.12. The molecular formula is C30H29F3N8O. The highest BCUT2D eigenvalue weighted by Gasteiger charge is 2.34. The van der Waals surface area contributed by atoms with Gasteiger partial charge >= 0.3 is 6.18 Å². The van der Waals surface area contributed by atoms with E-state index in [0.29, 0.717) is 24.5 Å². The summed E-state index contributed by atoms with van der Waals surface area (Å²) in [6, 6.07) is 14.8. The van der Waals surface area contributed by atoms with Crippen molar-refractivity contribution < 1.29 is 18.0 Å². The molecule has 0 aliphatic carbocycles. The Morgan fingerprint density at radius 1 is 1.02 bits per heavy atom. The van der Waals surface area contributed by atoms with Crippen LogP contribution in [0.4, 0.5) is 18.9 Å². The molecular weight excluding hydrogens is 545 g/mol. The third kappa shape index (κ3) is 5.76. The summed E-state index contributed by atoms with van der Waals surface area (Å²) in [5.41, 5.74) is 3.70. The number of nitrogens with one attached hydrogen (secondary N) is 2. The first kappa shape index (κ1) is 27.6. The summed E-state index contributed by atoms with van der Waals surface area (Å²) < 4.78 is 43.6. The van der Waals surface area contributed by atoms with Crippen LogP contribution < -0.4 is 5.32 Å². The van der Waals surface area contributed by atoms with Crippen molar-refractivity contribution in [2.45, 2.75) is 19.6 Å². The summed E-state index contributed by atoms with van der Waals surface area (Å²) in [5, 5.41) is 19.1. The number of amides is 1. The Labute approximate surface area is 239 Å². The lowest BCUT2D eigenvalue weighted by atomic mass is 10.0.